The molecule has 1 aliphatic rings. The predicted octanol–water partition coefficient (Wildman–Crippen LogP) is 2.60. The van der Waals surface area contributed by atoms with Gasteiger partial charge in [-0.1, -0.05) is 24.3 Å². The van der Waals surface area contributed by atoms with Gasteiger partial charge in [-0.3, -0.25) is 9.69 Å². The van der Waals surface area contributed by atoms with Gasteiger partial charge in [-0.25, -0.2) is 0 Å². The summed E-state index contributed by atoms with van der Waals surface area (Å²) in [6.45, 7) is 3.13. The average molecular weight is 415 g/mol. The van der Waals surface area contributed by atoms with Gasteiger partial charge < -0.3 is 24.6 Å². The number of carbonyl (C=O) groups is 1. The Morgan fingerprint density at radius 3 is 2.20 bits per heavy atom. The van der Waals surface area contributed by atoms with Gasteiger partial charge in [0.25, 0.3) is 5.91 Å². The molecule has 162 valence electrons. The molecule has 0 unspecified atom stereocenters. The number of nitrogens with zero attached hydrogens (tertiary/aromatic N) is 1. The zero-order chi connectivity index (χ0) is 21.5. The van der Waals surface area contributed by atoms with Crippen molar-refractivity contribution in [2.75, 3.05) is 34.4 Å². The Hall–Kier alpha value is -2.77. The Labute approximate surface area is 177 Å². The Morgan fingerprint density at radius 2 is 1.60 bits per heavy atom. The first-order valence-electron chi connectivity index (χ1n) is 10.1. The summed E-state index contributed by atoms with van der Waals surface area (Å²) in [6.07, 6.45) is 1.52. The molecule has 30 heavy (non-hydrogen) atoms. The van der Waals surface area contributed by atoms with Crippen LogP contribution in [0.4, 0.5) is 0 Å². The molecule has 0 aromatic heterocycles. The molecule has 1 aliphatic heterocycles. The molecule has 1 heterocycles. The molecule has 0 atom stereocenters. The van der Waals surface area contributed by atoms with Crippen LogP contribution in [-0.2, 0) is 13.1 Å². The second-order valence-corrected chi connectivity index (χ2v) is 7.39. The number of aliphatic hydroxyl groups excluding tert-OH is 1. The number of benzene rings is 2. The number of nitrogens with one attached hydrogen (secondary N) is 1. The van der Waals surface area contributed by atoms with Gasteiger partial charge >= 0.3 is 0 Å². The van der Waals surface area contributed by atoms with Crippen molar-refractivity contribution < 1.29 is 24.1 Å². The van der Waals surface area contributed by atoms with E-state index in [-0.39, 0.29) is 12.0 Å². The minimum absolute atomic E-state index is 0.156. The van der Waals surface area contributed by atoms with E-state index in [1.54, 1.807) is 12.1 Å². The first-order chi connectivity index (χ1) is 14.5. The smallest absolute Gasteiger partial charge is 0.255 e. The number of methoxy groups -OCH3 is 3. The monoisotopic (exact) mass is 414 g/mol. The molecule has 0 spiro atoms. The Kier molecular flexibility index (Phi) is 7.54. The highest BCUT2D eigenvalue weighted by molar-refractivity contribution is 5.98. The van der Waals surface area contributed by atoms with E-state index >= 15 is 0 Å². The number of hydrogen-bond acceptors (Lipinski definition) is 6. The molecule has 7 nitrogen and oxygen atoms in total. The molecule has 0 saturated carbocycles. The van der Waals surface area contributed by atoms with E-state index in [9.17, 15) is 9.90 Å². The van der Waals surface area contributed by atoms with E-state index in [0.29, 0.717) is 29.4 Å². The lowest BCUT2D eigenvalue weighted by molar-refractivity contribution is 0.0792. The van der Waals surface area contributed by atoms with Crippen LogP contribution >= 0.6 is 0 Å². The number of carbonyl (C=O) groups excluding carboxylic acids is 1. The van der Waals surface area contributed by atoms with Crippen LogP contribution in [0.1, 0.15) is 34.3 Å². The van der Waals surface area contributed by atoms with Gasteiger partial charge in [0.2, 0.25) is 5.75 Å². The predicted molar refractivity (Wildman–Crippen MR) is 114 cm³/mol. The highest BCUT2D eigenvalue weighted by Crippen LogP contribution is 2.39. The van der Waals surface area contributed by atoms with Crippen molar-refractivity contribution in [1.29, 1.82) is 0 Å². The van der Waals surface area contributed by atoms with Crippen LogP contribution < -0.4 is 19.5 Å². The number of amides is 1. The fourth-order valence-electron chi connectivity index (χ4n) is 3.66. The van der Waals surface area contributed by atoms with Crippen molar-refractivity contribution in [1.82, 2.24) is 10.2 Å². The van der Waals surface area contributed by atoms with E-state index < -0.39 is 0 Å². The second-order valence-electron chi connectivity index (χ2n) is 7.39. The van der Waals surface area contributed by atoms with Crippen molar-refractivity contribution in [3.63, 3.8) is 0 Å². The number of aliphatic hydroxyl groups is 1. The molecule has 2 aromatic rings. The average Bonchev–Trinajstić information content (AvgIpc) is 2.78. The van der Waals surface area contributed by atoms with E-state index in [0.717, 1.165) is 38.0 Å². The van der Waals surface area contributed by atoms with Crippen LogP contribution in [-0.4, -0.2) is 56.4 Å². The molecular formula is C23H30N2O5. The van der Waals surface area contributed by atoms with Gasteiger partial charge in [0.1, 0.15) is 0 Å². The molecule has 2 aromatic carbocycles. The van der Waals surface area contributed by atoms with Gasteiger partial charge in [-0.15, -0.1) is 0 Å². The van der Waals surface area contributed by atoms with Crippen molar-refractivity contribution in [2.45, 2.75) is 32.0 Å². The third-order valence-electron chi connectivity index (χ3n) is 5.39. The van der Waals surface area contributed by atoms with Gasteiger partial charge in [0.05, 0.1) is 33.0 Å². The third-order valence-corrected chi connectivity index (χ3v) is 5.39. The highest BCUT2D eigenvalue weighted by atomic mass is 16.5. The quantitative estimate of drug-likeness (QED) is 0.691. The molecule has 0 aliphatic carbocycles. The molecule has 0 radical (unpaired) electrons. The SMILES string of the molecule is COc1ccc(C(=O)NCc2ccc(CN3CCC(O)CC3)cc2)c(OC)c1OC. The minimum Gasteiger partial charge on any atom is -0.493 e. The van der Waals surface area contributed by atoms with Crippen molar-refractivity contribution >= 4 is 5.91 Å². The summed E-state index contributed by atoms with van der Waals surface area (Å²) in [7, 11) is 4.54. The Balaban J connectivity index is 1.60. The molecule has 1 fully saturated rings. The largest absolute Gasteiger partial charge is 0.493 e. The number of ether oxygens (including phenoxy) is 3. The van der Waals surface area contributed by atoms with Crippen molar-refractivity contribution in [2.24, 2.45) is 0 Å². The first kappa shape index (κ1) is 21.9. The lowest BCUT2D eigenvalue weighted by Gasteiger charge is -2.29. The van der Waals surface area contributed by atoms with Gasteiger partial charge in [0.15, 0.2) is 11.5 Å². The summed E-state index contributed by atoms with van der Waals surface area (Å²) in [6, 6.07) is 11.6. The molecule has 1 amide bonds. The number of piperidine rings is 1. The fraction of sp³-hybridized carbons (Fsp3) is 0.435. The maximum atomic E-state index is 12.7. The van der Waals surface area contributed by atoms with E-state index in [1.165, 1.54) is 26.9 Å². The normalized spacial score (nSPS) is 14.9. The topological polar surface area (TPSA) is 80.3 Å². The van der Waals surface area contributed by atoms with Gasteiger partial charge in [-0.2, -0.15) is 0 Å². The summed E-state index contributed by atoms with van der Waals surface area (Å²) in [5, 5.41) is 12.6. The molecule has 0 bridgehead atoms. The molecular weight excluding hydrogens is 384 g/mol. The number of hydrogen-bond donors (Lipinski definition) is 2. The minimum atomic E-state index is -0.247. The van der Waals surface area contributed by atoms with E-state index in [1.807, 2.05) is 12.1 Å². The summed E-state index contributed by atoms with van der Waals surface area (Å²) in [4.78, 5) is 15.1. The number of likely N-dealkylation sites (tertiary alicyclic amines) is 1. The second kappa shape index (κ2) is 10.3. The van der Waals surface area contributed by atoms with Crippen LogP contribution in [0.3, 0.4) is 0 Å². The van der Waals surface area contributed by atoms with Crippen LogP contribution in [0, 0.1) is 0 Å². The zero-order valence-electron chi connectivity index (χ0n) is 17.8. The zero-order valence-corrected chi connectivity index (χ0v) is 17.8. The molecule has 3 rings (SSSR count). The van der Waals surface area contributed by atoms with E-state index in [4.69, 9.17) is 14.2 Å². The first-order valence-corrected chi connectivity index (χ1v) is 10.1. The maximum Gasteiger partial charge on any atom is 0.255 e. The molecule has 2 N–H and O–H groups in total. The van der Waals surface area contributed by atoms with Gasteiger partial charge in [-0.05, 0) is 36.1 Å². The highest BCUT2D eigenvalue weighted by Gasteiger charge is 2.20. The maximum absolute atomic E-state index is 12.7. The summed E-state index contributed by atoms with van der Waals surface area (Å²) < 4.78 is 16.0. The lowest BCUT2D eigenvalue weighted by Crippen LogP contribution is -2.35. The molecule has 7 heteroatoms. The Morgan fingerprint density at radius 1 is 0.967 bits per heavy atom. The Bertz CT molecular complexity index is 845. The fourth-order valence-corrected chi connectivity index (χ4v) is 3.66. The van der Waals surface area contributed by atoms with Crippen LogP contribution in [0.15, 0.2) is 36.4 Å². The molecule has 1 saturated heterocycles. The summed E-state index contributed by atoms with van der Waals surface area (Å²) >= 11 is 0. The third kappa shape index (κ3) is 5.23. The summed E-state index contributed by atoms with van der Waals surface area (Å²) in [5.74, 6) is 0.993. The van der Waals surface area contributed by atoms with E-state index in [2.05, 4.69) is 22.3 Å². The lowest BCUT2D eigenvalue weighted by atomic mass is 10.1. The summed E-state index contributed by atoms with van der Waals surface area (Å²) in [5.41, 5.74) is 2.63. The van der Waals surface area contributed by atoms with Crippen LogP contribution in [0.2, 0.25) is 0 Å². The van der Waals surface area contributed by atoms with Crippen molar-refractivity contribution in [3.8, 4) is 17.2 Å². The van der Waals surface area contributed by atoms with Crippen LogP contribution in [0.25, 0.3) is 0 Å². The standard InChI is InChI=1S/C23H30N2O5/c1-28-20-9-8-19(21(29-2)22(20)30-3)23(27)24-14-16-4-6-17(7-5-16)15-25-12-10-18(26)11-13-25/h4-9,18,26H,10-15H2,1-3H3,(H,24,27). The van der Waals surface area contributed by atoms with Gasteiger partial charge in [0, 0.05) is 26.2 Å². The van der Waals surface area contributed by atoms with Crippen molar-refractivity contribution in [3.05, 3.63) is 53.1 Å². The number of rotatable bonds is 8. The van der Waals surface area contributed by atoms with Crippen LogP contribution in [0.5, 0.6) is 17.2 Å².